The van der Waals surface area contributed by atoms with Crippen LogP contribution in [0.1, 0.15) is 19.8 Å². The zero-order chi connectivity index (χ0) is 19.8. The molecule has 27 heavy (non-hydrogen) atoms. The van der Waals surface area contributed by atoms with Crippen molar-refractivity contribution in [2.45, 2.75) is 25.3 Å². The van der Waals surface area contributed by atoms with Gasteiger partial charge in [-0.2, -0.15) is 0 Å². The summed E-state index contributed by atoms with van der Waals surface area (Å²) in [6.07, 6.45) is 1.63. The molecule has 1 aliphatic carbocycles. The SMILES string of the molecule is C[C@@]1(C2CC2)NC(=O)N(CC(=O)OCC(=O)Nc2c(F)cccc2F)C1=O. The first kappa shape index (κ1) is 18.7. The first-order valence-electron chi connectivity index (χ1n) is 8.26. The minimum atomic E-state index is -1.03. The van der Waals surface area contributed by atoms with E-state index in [1.165, 1.54) is 0 Å². The third-order valence-corrected chi connectivity index (χ3v) is 4.57. The summed E-state index contributed by atoms with van der Waals surface area (Å²) in [5, 5.41) is 4.53. The van der Waals surface area contributed by atoms with Gasteiger partial charge in [0, 0.05) is 0 Å². The first-order chi connectivity index (χ1) is 12.7. The van der Waals surface area contributed by atoms with Crippen LogP contribution in [0.3, 0.4) is 0 Å². The molecule has 144 valence electrons. The highest BCUT2D eigenvalue weighted by Crippen LogP contribution is 2.42. The number of carbonyl (C=O) groups is 4. The molecular formula is C17H17F2N3O5. The van der Waals surface area contributed by atoms with Crippen molar-refractivity contribution in [1.29, 1.82) is 0 Å². The Balaban J connectivity index is 1.52. The molecule has 0 bridgehead atoms. The Morgan fingerprint density at radius 2 is 1.93 bits per heavy atom. The lowest BCUT2D eigenvalue weighted by atomic mass is 9.96. The van der Waals surface area contributed by atoms with E-state index in [-0.39, 0.29) is 5.92 Å². The maximum atomic E-state index is 13.5. The molecule has 1 saturated carbocycles. The summed E-state index contributed by atoms with van der Waals surface area (Å²) in [6.45, 7) is 0.122. The number of carbonyl (C=O) groups excluding carboxylic acids is 4. The second-order valence-corrected chi connectivity index (χ2v) is 6.60. The van der Waals surface area contributed by atoms with Gasteiger partial charge in [-0.3, -0.25) is 19.3 Å². The van der Waals surface area contributed by atoms with E-state index in [1.54, 1.807) is 6.92 Å². The molecule has 2 fully saturated rings. The van der Waals surface area contributed by atoms with Crippen LogP contribution in [-0.2, 0) is 19.1 Å². The maximum absolute atomic E-state index is 13.5. The summed E-state index contributed by atoms with van der Waals surface area (Å²) in [6, 6.07) is 2.34. The molecule has 1 aliphatic heterocycles. The van der Waals surface area contributed by atoms with Gasteiger partial charge < -0.3 is 15.4 Å². The van der Waals surface area contributed by atoms with Crippen LogP contribution in [0.2, 0.25) is 0 Å². The number of amides is 4. The van der Waals surface area contributed by atoms with Gasteiger partial charge in [0.15, 0.2) is 6.61 Å². The number of anilines is 1. The molecule has 1 aromatic rings. The van der Waals surface area contributed by atoms with Crippen LogP contribution >= 0.6 is 0 Å². The number of hydrogen-bond acceptors (Lipinski definition) is 5. The molecular weight excluding hydrogens is 364 g/mol. The van der Waals surface area contributed by atoms with Crippen LogP contribution in [0.25, 0.3) is 0 Å². The van der Waals surface area contributed by atoms with Crippen LogP contribution in [0.4, 0.5) is 19.3 Å². The van der Waals surface area contributed by atoms with E-state index >= 15 is 0 Å². The number of nitrogens with one attached hydrogen (secondary N) is 2. The number of rotatable bonds is 6. The minimum Gasteiger partial charge on any atom is -0.454 e. The van der Waals surface area contributed by atoms with Crippen molar-refractivity contribution in [3.63, 3.8) is 0 Å². The normalized spacial score (nSPS) is 21.8. The number of urea groups is 1. The highest BCUT2D eigenvalue weighted by atomic mass is 19.1. The van der Waals surface area contributed by atoms with Gasteiger partial charge in [-0.1, -0.05) is 6.07 Å². The largest absolute Gasteiger partial charge is 0.454 e. The highest BCUT2D eigenvalue weighted by molar-refractivity contribution is 6.09. The molecule has 4 amide bonds. The second kappa shape index (κ2) is 6.93. The first-order valence-corrected chi connectivity index (χ1v) is 8.26. The van der Waals surface area contributed by atoms with E-state index in [4.69, 9.17) is 0 Å². The molecule has 3 rings (SSSR count). The van der Waals surface area contributed by atoms with E-state index < -0.39 is 59.8 Å². The molecule has 0 spiro atoms. The van der Waals surface area contributed by atoms with Gasteiger partial charge >= 0.3 is 12.0 Å². The third kappa shape index (κ3) is 3.74. The fourth-order valence-corrected chi connectivity index (χ4v) is 2.91. The molecule has 0 unspecified atom stereocenters. The van der Waals surface area contributed by atoms with Crippen molar-refractivity contribution < 1.29 is 32.7 Å². The predicted molar refractivity (Wildman–Crippen MR) is 87.3 cm³/mol. The summed E-state index contributed by atoms with van der Waals surface area (Å²) >= 11 is 0. The van der Waals surface area contributed by atoms with Crippen molar-refractivity contribution >= 4 is 29.5 Å². The third-order valence-electron chi connectivity index (χ3n) is 4.57. The van der Waals surface area contributed by atoms with Gasteiger partial charge in [0.25, 0.3) is 11.8 Å². The fraction of sp³-hybridized carbons (Fsp3) is 0.412. The predicted octanol–water partition coefficient (Wildman–Crippen LogP) is 1.17. The Morgan fingerprint density at radius 1 is 1.30 bits per heavy atom. The van der Waals surface area contributed by atoms with Gasteiger partial charge in [-0.25, -0.2) is 13.6 Å². The number of esters is 1. The topological polar surface area (TPSA) is 105 Å². The number of para-hydroxylation sites is 1. The Hall–Kier alpha value is -3.04. The molecule has 2 aliphatic rings. The van der Waals surface area contributed by atoms with Crippen LogP contribution in [0.15, 0.2) is 18.2 Å². The average Bonchev–Trinajstić information content (AvgIpc) is 3.43. The van der Waals surface area contributed by atoms with E-state index in [2.05, 4.69) is 10.1 Å². The molecule has 0 aromatic heterocycles. The van der Waals surface area contributed by atoms with E-state index in [0.717, 1.165) is 35.9 Å². The maximum Gasteiger partial charge on any atom is 0.326 e. The van der Waals surface area contributed by atoms with Gasteiger partial charge in [-0.05, 0) is 37.8 Å². The number of imide groups is 1. The summed E-state index contributed by atoms with van der Waals surface area (Å²) in [5.74, 6) is -4.40. The molecule has 1 heterocycles. The van der Waals surface area contributed by atoms with E-state index in [0.29, 0.717) is 0 Å². The molecule has 1 atom stereocenters. The monoisotopic (exact) mass is 381 g/mol. The number of benzene rings is 1. The number of hydrogen-bond donors (Lipinski definition) is 2. The quantitative estimate of drug-likeness (QED) is 0.569. The molecule has 8 nitrogen and oxygen atoms in total. The van der Waals surface area contributed by atoms with Gasteiger partial charge in [0.1, 0.15) is 29.4 Å². The number of ether oxygens (including phenoxy) is 1. The van der Waals surface area contributed by atoms with Crippen molar-refractivity contribution in [2.24, 2.45) is 5.92 Å². The van der Waals surface area contributed by atoms with Crippen molar-refractivity contribution in [3.05, 3.63) is 29.8 Å². The Morgan fingerprint density at radius 3 is 2.52 bits per heavy atom. The molecule has 1 aromatic carbocycles. The summed E-state index contributed by atoms with van der Waals surface area (Å²) in [4.78, 5) is 48.6. The number of halogens is 2. The molecule has 0 radical (unpaired) electrons. The van der Waals surface area contributed by atoms with Crippen LogP contribution < -0.4 is 10.6 Å². The van der Waals surface area contributed by atoms with Gasteiger partial charge in [0.05, 0.1) is 0 Å². The molecule has 2 N–H and O–H groups in total. The standard InChI is InChI=1S/C17H17F2N3O5/c1-17(9-5-6-9)15(25)22(16(26)21-17)7-13(24)27-8-12(23)20-14-10(18)3-2-4-11(14)19/h2-4,9H,5-8H2,1H3,(H,20,23)(H,21,26)/t17-/m0/s1. The second-order valence-electron chi connectivity index (χ2n) is 6.60. The lowest BCUT2D eigenvalue weighted by molar-refractivity contribution is -0.150. The minimum absolute atomic E-state index is 0.0383. The van der Waals surface area contributed by atoms with Crippen molar-refractivity contribution in [3.8, 4) is 0 Å². The summed E-state index contributed by atoms with van der Waals surface area (Å²) < 4.78 is 31.6. The zero-order valence-electron chi connectivity index (χ0n) is 14.4. The van der Waals surface area contributed by atoms with Crippen LogP contribution in [0.5, 0.6) is 0 Å². The van der Waals surface area contributed by atoms with Crippen LogP contribution in [0, 0.1) is 17.6 Å². The smallest absolute Gasteiger partial charge is 0.326 e. The van der Waals surface area contributed by atoms with Crippen molar-refractivity contribution in [1.82, 2.24) is 10.2 Å². The molecule has 10 heteroatoms. The van der Waals surface area contributed by atoms with Gasteiger partial charge in [-0.15, -0.1) is 0 Å². The highest BCUT2D eigenvalue weighted by Gasteiger charge is 2.56. The Labute approximate surface area is 152 Å². The average molecular weight is 381 g/mol. The summed E-state index contributed by atoms with van der Waals surface area (Å²) in [5.41, 5.74) is -1.69. The zero-order valence-corrected chi connectivity index (χ0v) is 14.4. The van der Waals surface area contributed by atoms with E-state index in [1.807, 2.05) is 5.32 Å². The lowest BCUT2D eigenvalue weighted by Gasteiger charge is -2.20. The van der Waals surface area contributed by atoms with Crippen LogP contribution in [-0.4, -0.2) is 47.4 Å². The molecule has 1 saturated heterocycles. The lowest BCUT2D eigenvalue weighted by Crippen LogP contribution is -2.46. The Kier molecular flexibility index (Phi) is 4.81. The van der Waals surface area contributed by atoms with Gasteiger partial charge in [0.2, 0.25) is 0 Å². The van der Waals surface area contributed by atoms with Crippen molar-refractivity contribution in [2.75, 3.05) is 18.5 Å². The Bertz CT molecular complexity index is 807. The van der Waals surface area contributed by atoms with E-state index in [9.17, 15) is 28.0 Å². The fourth-order valence-electron chi connectivity index (χ4n) is 2.91. The summed E-state index contributed by atoms with van der Waals surface area (Å²) in [7, 11) is 0. The number of nitrogens with zero attached hydrogens (tertiary/aromatic N) is 1.